The van der Waals surface area contributed by atoms with Crippen LogP contribution in [0.2, 0.25) is 0 Å². The lowest BCUT2D eigenvalue weighted by molar-refractivity contribution is -0.0537. The maximum absolute atomic E-state index is 5.95. The Morgan fingerprint density at radius 1 is 1.33 bits per heavy atom. The summed E-state index contributed by atoms with van der Waals surface area (Å²) in [6.45, 7) is 11.0. The van der Waals surface area contributed by atoms with Crippen LogP contribution in [0.5, 0.6) is 0 Å². The van der Waals surface area contributed by atoms with Gasteiger partial charge in [0.15, 0.2) is 0 Å². The minimum absolute atomic E-state index is 0.0473. The molecular weight excluding hydrogens is 190 g/mol. The first-order valence-corrected chi connectivity index (χ1v) is 6.06. The van der Waals surface area contributed by atoms with Gasteiger partial charge >= 0.3 is 0 Å². The number of hydrogen-bond acceptors (Lipinski definition) is 3. The van der Waals surface area contributed by atoms with E-state index in [2.05, 4.69) is 26.1 Å². The molecule has 0 unspecified atom stereocenters. The van der Waals surface area contributed by atoms with E-state index in [1.165, 1.54) is 0 Å². The smallest absolute Gasteiger partial charge is 0.0750 e. The topological polar surface area (TPSA) is 30.5 Å². The van der Waals surface area contributed by atoms with Crippen LogP contribution in [0.1, 0.15) is 33.6 Å². The fourth-order valence-corrected chi connectivity index (χ4v) is 1.73. The summed E-state index contributed by atoms with van der Waals surface area (Å²) in [4.78, 5) is 0. The molecule has 1 heterocycles. The SMILES string of the molecule is CCNCC(C)(C)OCC1CCOCC1. The molecule has 0 saturated carbocycles. The molecule has 1 saturated heterocycles. The van der Waals surface area contributed by atoms with Crippen molar-refractivity contribution in [3.8, 4) is 0 Å². The van der Waals surface area contributed by atoms with Crippen molar-refractivity contribution in [1.82, 2.24) is 5.32 Å². The molecule has 0 bridgehead atoms. The molecule has 90 valence electrons. The van der Waals surface area contributed by atoms with Crippen molar-refractivity contribution < 1.29 is 9.47 Å². The highest BCUT2D eigenvalue weighted by molar-refractivity contribution is 4.73. The van der Waals surface area contributed by atoms with Crippen molar-refractivity contribution >= 4 is 0 Å². The van der Waals surface area contributed by atoms with Crippen LogP contribution in [0.25, 0.3) is 0 Å². The van der Waals surface area contributed by atoms with E-state index in [0.717, 1.165) is 45.8 Å². The molecule has 1 N–H and O–H groups in total. The molecule has 0 aromatic heterocycles. The average Bonchev–Trinajstić information content (AvgIpc) is 2.25. The Morgan fingerprint density at radius 2 is 2.00 bits per heavy atom. The van der Waals surface area contributed by atoms with Crippen molar-refractivity contribution in [3.63, 3.8) is 0 Å². The van der Waals surface area contributed by atoms with Crippen LogP contribution < -0.4 is 5.32 Å². The van der Waals surface area contributed by atoms with E-state index < -0.39 is 0 Å². The van der Waals surface area contributed by atoms with E-state index in [1.54, 1.807) is 0 Å². The first kappa shape index (κ1) is 12.9. The van der Waals surface area contributed by atoms with Crippen molar-refractivity contribution in [3.05, 3.63) is 0 Å². The Labute approximate surface area is 93.5 Å². The number of ether oxygens (including phenoxy) is 2. The van der Waals surface area contributed by atoms with Crippen LogP contribution in [-0.2, 0) is 9.47 Å². The molecule has 0 amide bonds. The molecule has 0 atom stereocenters. The largest absolute Gasteiger partial charge is 0.381 e. The summed E-state index contributed by atoms with van der Waals surface area (Å²) in [6.07, 6.45) is 2.30. The minimum Gasteiger partial charge on any atom is -0.381 e. The highest BCUT2D eigenvalue weighted by Crippen LogP contribution is 2.18. The molecule has 3 nitrogen and oxygen atoms in total. The quantitative estimate of drug-likeness (QED) is 0.733. The molecule has 0 aromatic rings. The molecule has 1 aliphatic heterocycles. The predicted octanol–water partition coefficient (Wildman–Crippen LogP) is 1.82. The third kappa shape index (κ3) is 5.50. The molecule has 0 aromatic carbocycles. The Bertz CT molecular complexity index is 165. The second-order valence-corrected chi connectivity index (χ2v) is 4.91. The van der Waals surface area contributed by atoms with Gasteiger partial charge in [0, 0.05) is 19.8 Å². The summed E-state index contributed by atoms with van der Waals surface area (Å²) in [5.74, 6) is 0.694. The van der Waals surface area contributed by atoms with Crippen LogP contribution in [0.4, 0.5) is 0 Å². The Kier molecular flexibility index (Phi) is 5.58. The van der Waals surface area contributed by atoms with Gasteiger partial charge in [-0.15, -0.1) is 0 Å². The molecule has 0 aliphatic carbocycles. The summed E-state index contributed by atoms with van der Waals surface area (Å²) in [7, 11) is 0. The summed E-state index contributed by atoms with van der Waals surface area (Å²) in [6, 6.07) is 0. The third-order valence-corrected chi connectivity index (χ3v) is 2.85. The van der Waals surface area contributed by atoms with Crippen molar-refractivity contribution in [2.24, 2.45) is 5.92 Å². The fraction of sp³-hybridized carbons (Fsp3) is 1.00. The standard InChI is InChI=1S/C12H25NO2/c1-4-13-10-12(2,3)15-9-11-5-7-14-8-6-11/h11,13H,4-10H2,1-3H3. The Hall–Kier alpha value is -0.120. The van der Waals surface area contributed by atoms with Gasteiger partial charge in [0.1, 0.15) is 0 Å². The van der Waals surface area contributed by atoms with Crippen molar-refractivity contribution in [2.75, 3.05) is 32.9 Å². The van der Waals surface area contributed by atoms with E-state index in [9.17, 15) is 0 Å². The molecule has 0 spiro atoms. The highest BCUT2D eigenvalue weighted by Gasteiger charge is 2.21. The highest BCUT2D eigenvalue weighted by atomic mass is 16.5. The van der Waals surface area contributed by atoms with E-state index in [0.29, 0.717) is 5.92 Å². The number of nitrogens with one attached hydrogen (secondary N) is 1. The lowest BCUT2D eigenvalue weighted by atomic mass is 10.0. The van der Waals surface area contributed by atoms with Crippen LogP contribution in [-0.4, -0.2) is 38.5 Å². The van der Waals surface area contributed by atoms with Crippen molar-refractivity contribution in [2.45, 2.75) is 39.2 Å². The fourth-order valence-electron chi connectivity index (χ4n) is 1.73. The zero-order chi connectivity index (χ0) is 11.1. The first-order chi connectivity index (χ1) is 7.14. The minimum atomic E-state index is -0.0473. The maximum Gasteiger partial charge on any atom is 0.0750 e. The van der Waals surface area contributed by atoms with Gasteiger partial charge in [-0.2, -0.15) is 0 Å². The zero-order valence-corrected chi connectivity index (χ0v) is 10.3. The van der Waals surface area contributed by atoms with Gasteiger partial charge in [-0.1, -0.05) is 6.92 Å². The summed E-state index contributed by atoms with van der Waals surface area (Å²) in [5, 5.41) is 3.33. The molecule has 0 radical (unpaired) electrons. The van der Waals surface area contributed by atoms with Crippen LogP contribution in [0.3, 0.4) is 0 Å². The predicted molar refractivity (Wildman–Crippen MR) is 62.1 cm³/mol. The molecule has 3 heteroatoms. The van der Waals surface area contributed by atoms with Gasteiger partial charge in [0.2, 0.25) is 0 Å². The molecule has 1 aliphatic rings. The van der Waals surface area contributed by atoms with Gasteiger partial charge in [-0.05, 0) is 39.2 Å². The monoisotopic (exact) mass is 215 g/mol. The normalized spacial score (nSPS) is 19.4. The lowest BCUT2D eigenvalue weighted by Crippen LogP contribution is -2.39. The lowest BCUT2D eigenvalue weighted by Gasteiger charge is -2.29. The van der Waals surface area contributed by atoms with Crippen LogP contribution in [0.15, 0.2) is 0 Å². The average molecular weight is 215 g/mol. The van der Waals surface area contributed by atoms with E-state index in [-0.39, 0.29) is 5.60 Å². The first-order valence-electron chi connectivity index (χ1n) is 6.06. The number of likely N-dealkylation sites (N-methyl/N-ethyl adjacent to an activating group) is 1. The van der Waals surface area contributed by atoms with Crippen molar-refractivity contribution in [1.29, 1.82) is 0 Å². The maximum atomic E-state index is 5.95. The molecular formula is C12H25NO2. The van der Waals surface area contributed by atoms with E-state index in [1.807, 2.05) is 0 Å². The Balaban J connectivity index is 2.15. The van der Waals surface area contributed by atoms with Gasteiger partial charge in [0.25, 0.3) is 0 Å². The number of hydrogen-bond donors (Lipinski definition) is 1. The summed E-state index contributed by atoms with van der Waals surface area (Å²) < 4.78 is 11.3. The third-order valence-electron chi connectivity index (χ3n) is 2.85. The summed E-state index contributed by atoms with van der Waals surface area (Å²) in [5.41, 5.74) is -0.0473. The van der Waals surface area contributed by atoms with Gasteiger partial charge in [-0.3, -0.25) is 0 Å². The van der Waals surface area contributed by atoms with Gasteiger partial charge in [0.05, 0.1) is 12.2 Å². The molecule has 15 heavy (non-hydrogen) atoms. The Morgan fingerprint density at radius 3 is 2.60 bits per heavy atom. The number of rotatable bonds is 6. The van der Waals surface area contributed by atoms with Crippen LogP contribution >= 0.6 is 0 Å². The van der Waals surface area contributed by atoms with E-state index in [4.69, 9.17) is 9.47 Å². The van der Waals surface area contributed by atoms with Gasteiger partial charge in [-0.25, -0.2) is 0 Å². The van der Waals surface area contributed by atoms with E-state index >= 15 is 0 Å². The second kappa shape index (κ2) is 6.46. The molecule has 1 rings (SSSR count). The van der Waals surface area contributed by atoms with Gasteiger partial charge < -0.3 is 14.8 Å². The summed E-state index contributed by atoms with van der Waals surface area (Å²) >= 11 is 0. The zero-order valence-electron chi connectivity index (χ0n) is 10.3. The second-order valence-electron chi connectivity index (χ2n) is 4.91. The molecule has 1 fully saturated rings. The van der Waals surface area contributed by atoms with Crippen LogP contribution in [0, 0.1) is 5.92 Å².